The molecule has 6 heteroatoms. The molecule has 0 saturated heterocycles. The van der Waals surface area contributed by atoms with Crippen LogP contribution in [0.1, 0.15) is 29.3 Å². The second kappa shape index (κ2) is 8.47. The minimum Gasteiger partial charge on any atom is -0.455 e. The van der Waals surface area contributed by atoms with Crippen LogP contribution in [0.15, 0.2) is 59.8 Å². The van der Waals surface area contributed by atoms with E-state index in [0.717, 1.165) is 0 Å². The molecule has 2 N–H and O–H groups in total. The van der Waals surface area contributed by atoms with Crippen LogP contribution in [0.2, 0.25) is 0 Å². The van der Waals surface area contributed by atoms with Crippen molar-refractivity contribution in [3.63, 3.8) is 0 Å². The van der Waals surface area contributed by atoms with E-state index in [1.54, 1.807) is 55.5 Å². The number of ether oxygens (including phenoxy) is 1. The Bertz CT molecular complexity index is 742. The van der Waals surface area contributed by atoms with Crippen LogP contribution in [0.25, 0.3) is 0 Å². The minimum atomic E-state index is -0.612. The minimum absolute atomic E-state index is 0.185. The number of benzene rings is 2. The van der Waals surface area contributed by atoms with Gasteiger partial charge in [0.05, 0.1) is 11.3 Å². The first-order chi connectivity index (χ1) is 11.7. The molecule has 0 bridgehead atoms. The number of nitrogens with zero attached hydrogens (tertiary/aromatic N) is 1. The van der Waals surface area contributed by atoms with Gasteiger partial charge in [0.15, 0.2) is 0 Å². The molecule has 0 saturated carbocycles. The monoisotopic (exact) mass is 326 g/mol. The number of oxime groups is 1. The molecule has 0 aliphatic rings. The standard InChI is InChI=1S/C18H18N2O4/c1-2-17(21)19-15-11-7-6-10-14(15)18(22)24-12-16(20-23)13-8-4-3-5-9-13/h3-11,23H,2,12H2,1H3,(H,19,21)/b20-16+. The molecule has 0 spiro atoms. The average molecular weight is 326 g/mol. The summed E-state index contributed by atoms with van der Waals surface area (Å²) in [6.45, 7) is 1.54. The van der Waals surface area contributed by atoms with Gasteiger partial charge in [0.25, 0.3) is 0 Å². The molecule has 0 radical (unpaired) electrons. The number of amides is 1. The molecule has 24 heavy (non-hydrogen) atoms. The molecule has 0 unspecified atom stereocenters. The summed E-state index contributed by atoms with van der Waals surface area (Å²) < 4.78 is 5.21. The maximum absolute atomic E-state index is 12.3. The number of carbonyl (C=O) groups excluding carboxylic acids is 2. The van der Waals surface area contributed by atoms with Crippen molar-refractivity contribution in [3.05, 3.63) is 65.7 Å². The van der Waals surface area contributed by atoms with Crippen LogP contribution < -0.4 is 5.32 Å². The molecule has 124 valence electrons. The van der Waals surface area contributed by atoms with Crippen molar-refractivity contribution in [1.82, 2.24) is 0 Å². The van der Waals surface area contributed by atoms with Crippen molar-refractivity contribution in [2.75, 3.05) is 11.9 Å². The summed E-state index contributed by atoms with van der Waals surface area (Å²) in [5.41, 5.74) is 1.51. The zero-order valence-corrected chi connectivity index (χ0v) is 13.2. The van der Waals surface area contributed by atoms with E-state index in [-0.39, 0.29) is 23.8 Å². The van der Waals surface area contributed by atoms with Crippen molar-refractivity contribution in [1.29, 1.82) is 0 Å². The van der Waals surface area contributed by atoms with E-state index in [1.807, 2.05) is 6.07 Å². The number of rotatable bonds is 6. The summed E-state index contributed by atoms with van der Waals surface area (Å²) >= 11 is 0. The normalized spacial score (nSPS) is 11.0. The first-order valence-corrected chi connectivity index (χ1v) is 7.48. The fraction of sp³-hybridized carbons (Fsp3) is 0.167. The third kappa shape index (κ3) is 4.42. The Labute approximate surface area is 139 Å². The molecular weight excluding hydrogens is 308 g/mol. The Morgan fingerprint density at radius 1 is 1.08 bits per heavy atom. The highest BCUT2D eigenvalue weighted by Crippen LogP contribution is 2.17. The average Bonchev–Trinajstić information content (AvgIpc) is 2.63. The van der Waals surface area contributed by atoms with Crippen LogP contribution in [0.5, 0.6) is 0 Å². The van der Waals surface area contributed by atoms with Gasteiger partial charge in [-0.05, 0) is 12.1 Å². The lowest BCUT2D eigenvalue weighted by Crippen LogP contribution is -2.18. The number of esters is 1. The number of anilines is 1. The van der Waals surface area contributed by atoms with Crippen LogP contribution in [-0.4, -0.2) is 29.4 Å². The summed E-state index contributed by atoms with van der Waals surface area (Å²) in [5.74, 6) is -0.809. The SMILES string of the molecule is CCC(=O)Nc1ccccc1C(=O)OC/C(=N\O)c1ccccc1. The quantitative estimate of drug-likeness (QED) is 0.369. The highest BCUT2D eigenvalue weighted by Gasteiger charge is 2.15. The van der Waals surface area contributed by atoms with Crippen molar-refractivity contribution in [2.24, 2.45) is 5.16 Å². The van der Waals surface area contributed by atoms with Gasteiger partial charge < -0.3 is 15.3 Å². The Kier molecular flexibility index (Phi) is 6.08. The third-order valence-electron chi connectivity index (χ3n) is 3.31. The second-order valence-corrected chi connectivity index (χ2v) is 4.94. The zero-order chi connectivity index (χ0) is 17.4. The van der Waals surface area contributed by atoms with Crippen LogP contribution >= 0.6 is 0 Å². The Morgan fingerprint density at radius 2 is 1.75 bits per heavy atom. The molecule has 0 fully saturated rings. The number of hydrogen-bond donors (Lipinski definition) is 2. The fourth-order valence-corrected chi connectivity index (χ4v) is 2.02. The lowest BCUT2D eigenvalue weighted by atomic mass is 10.1. The van der Waals surface area contributed by atoms with Crippen molar-refractivity contribution in [2.45, 2.75) is 13.3 Å². The zero-order valence-electron chi connectivity index (χ0n) is 13.2. The maximum atomic E-state index is 12.3. The molecular formula is C18H18N2O4. The van der Waals surface area contributed by atoms with Crippen molar-refractivity contribution >= 4 is 23.3 Å². The first-order valence-electron chi connectivity index (χ1n) is 7.48. The van der Waals surface area contributed by atoms with Gasteiger partial charge >= 0.3 is 5.97 Å². The Hall–Kier alpha value is -3.15. The molecule has 0 aliphatic heterocycles. The maximum Gasteiger partial charge on any atom is 0.340 e. The lowest BCUT2D eigenvalue weighted by Gasteiger charge is -2.11. The van der Waals surface area contributed by atoms with Gasteiger partial charge in [0, 0.05) is 12.0 Å². The van der Waals surface area contributed by atoms with Gasteiger partial charge in [0.2, 0.25) is 5.91 Å². The number of nitrogens with one attached hydrogen (secondary N) is 1. The Morgan fingerprint density at radius 3 is 2.42 bits per heavy atom. The topological polar surface area (TPSA) is 88.0 Å². The van der Waals surface area contributed by atoms with E-state index in [1.165, 1.54) is 0 Å². The molecule has 2 aromatic rings. The molecule has 0 atom stereocenters. The first kappa shape index (κ1) is 17.2. The summed E-state index contributed by atoms with van der Waals surface area (Å²) in [5, 5.41) is 14.9. The van der Waals surface area contributed by atoms with Gasteiger partial charge in [0.1, 0.15) is 12.3 Å². The number of para-hydroxylation sites is 1. The van der Waals surface area contributed by atoms with Crippen LogP contribution in [0, 0.1) is 0 Å². The van der Waals surface area contributed by atoms with Gasteiger partial charge in [-0.25, -0.2) is 4.79 Å². The largest absolute Gasteiger partial charge is 0.455 e. The number of hydrogen-bond acceptors (Lipinski definition) is 5. The van der Waals surface area contributed by atoms with Crippen LogP contribution in [0.3, 0.4) is 0 Å². The Balaban J connectivity index is 2.09. The van der Waals surface area contributed by atoms with Gasteiger partial charge in [-0.3, -0.25) is 4.79 Å². The van der Waals surface area contributed by atoms with E-state index < -0.39 is 5.97 Å². The predicted octanol–water partition coefficient (Wildman–Crippen LogP) is 3.07. The summed E-state index contributed by atoms with van der Waals surface area (Å²) in [6.07, 6.45) is 0.304. The molecule has 6 nitrogen and oxygen atoms in total. The smallest absolute Gasteiger partial charge is 0.340 e. The fourth-order valence-electron chi connectivity index (χ4n) is 2.02. The van der Waals surface area contributed by atoms with Crippen molar-refractivity contribution < 1.29 is 19.5 Å². The van der Waals surface area contributed by atoms with Crippen LogP contribution in [0.4, 0.5) is 5.69 Å². The van der Waals surface area contributed by atoms with E-state index >= 15 is 0 Å². The van der Waals surface area contributed by atoms with E-state index in [9.17, 15) is 9.59 Å². The highest BCUT2D eigenvalue weighted by atomic mass is 16.5. The summed E-state index contributed by atoms with van der Waals surface area (Å²) in [4.78, 5) is 23.8. The predicted molar refractivity (Wildman–Crippen MR) is 90.4 cm³/mol. The highest BCUT2D eigenvalue weighted by molar-refractivity contribution is 6.04. The molecule has 0 aromatic heterocycles. The summed E-state index contributed by atoms with van der Waals surface area (Å²) in [7, 11) is 0. The van der Waals surface area contributed by atoms with Crippen LogP contribution in [-0.2, 0) is 9.53 Å². The lowest BCUT2D eigenvalue weighted by molar-refractivity contribution is -0.115. The molecule has 2 aromatic carbocycles. The molecule has 1 amide bonds. The van der Waals surface area contributed by atoms with Gasteiger partial charge in [-0.15, -0.1) is 0 Å². The molecule has 0 aliphatic carbocycles. The van der Waals surface area contributed by atoms with E-state index in [4.69, 9.17) is 9.94 Å². The molecule has 0 heterocycles. The second-order valence-electron chi connectivity index (χ2n) is 4.94. The third-order valence-corrected chi connectivity index (χ3v) is 3.31. The van der Waals surface area contributed by atoms with E-state index in [2.05, 4.69) is 10.5 Å². The number of carbonyl (C=O) groups is 2. The van der Waals surface area contributed by atoms with Crippen molar-refractivity contribution in [3.8, 4) is 0 Å². The van der Waals surface area contributed by atoms with Gasteiger partial charge in [-0.1, -0.05) is 54.5 Å². The van der Waals surface area contributed by atoms with E-state index in [0.29, 0.717) is 17.7 Å². The summed E-state index contributed by atoms with van der Waals surface area (Å²) in [6, 6.07) is 15.5. The molecule has 2 rings (SSSR count). The van der Waals surface area contributed by atoms with Gasteiger partial charge in [-0.2, -0.15) is 0 Å².